The van der Waals surface area contributed by atoms with E-state index in [1.807, 2.05) is 6.92 Å². The molecule has 1 aromatic rings. The van der Waals surface area contributed by atoms with Crippen molar-refractivity contribution in [3.8, 4) is 0 Å². The third-order valence-corrected chi connectivity index (χ3v) is 4.46. The van der Waals surface area contributed by atoms with Crippen LogP contribution in [-0.4, -0.2) is 47.7 Å². The molecule has 0 spiro atoms. The monoisotopic (exact) mass is 306 g/mol. The number of likely N-dealkylation sites (tertiary alicyclic amines) is 1. The van der Waals surface area contributed by atoms with Crippen molar-refractivity contribution in [3.05, 3.63) is 5.82 Å². The molecule has 2 rings (SSSR count). The van der Waals surface area contributed by atoms with E-state index in [9.17, 15) is 8.42 Å². The number of nitrogens with zero attached hydrogens (tertiary/aromatic N) is 4. The van der Waals surface area contributed by atoms with Crippen molar-refractivity contribution >= 4 is 19.7 Å². The van der Waals surface area contributed by atoms with E-state index in [0.29, 0.717) is 18.8 Å². The Hall–Kier alpha value is -0.660. The second-order valence-electron chi connectivity index (χ2n) is 4.79. The van der Waals surface area contributed by atoms with Crippen LogP contribution in [0.3, 0.4) is 0 Å². The van der Waals surface area contributed by atoms with Crippen molar-refractivity contribution in [1.82, 2.24) is 19.7 Å². The van der Waals surface area contributed by atoms with Gasteiger partial charge < -0.3 is 9.47 Å². The highest BCUT2D eigenvalue weighted by molar-refractivity contribution is 8.13. The molecule has 6 nitrogen and oxygen atoms in total. The van der Waals surface area contributed by atoms with Crippen LogP contribution in [0.25, 0.3) is 0 Å². The molecule has 1 saturated heterocycles. The fourth-order valence-corrected chi connectivity index (χ4v) is 3.34. The molecule has 1 aliphatic heterocycles. The van der Waals surface area contributed by atoms with Gasteiger partial charge in [0.25, 0.3) is 14.2 Å². The number of rotatable bonds is 6. The summed E-state index contributed by atoms with van der Waals surface area (Å²) in [6.07, 6.45) is 4.00. The zero-order valence-electron chi connectivity index (χ0n) is 11.0. The summed E-state index contributed by atoms with van der Waals surface area (Å²) in [5, 5.41) is 7.58. The highest BCUT2D eigenvalue weighted by Gasteiger charge is 2.22. The minimum atomic E-state index is -3.82. The third-order valence-electron chi connectivity index (χ3n) is 3.31. The Morgan fingerprint density at radius 3 is 2.47 bits per heavy atom. The Bertz CT molecular complexity index is 523. The smallest absolute Gasteiger partial charge is 0.296 e. The van der Waals surface area contributed by atoms with Gasteiger partial charge >= 0.3 is 0 Å². The molecule has 1 aromatic heterocycles. The first-order chi connectivity index (χ1) is 9.02. The lowest BCUT2D eigenvalue weighted by Gasteiger charge is -2.14. The van der Waals surface area contributed by atoms with Crippen LogP contribution in [0.4, 0.5) is 0 Å². The van der Waals surface area contributed by atoms with Crippen LogP contribution in [0, 0.1) is 0 Å². The molecule has 0 aliphatic carbocycles. The fourth-order valence-electron chi connectivity index (χ4n) is 2.40. The maximum absolute atomic E-state index is 11.4. The highest BCUT2D eigenvalue weighted by atomic mass is 35.7. The van der Waals surface area contributed by atoms with Gasteiger partial charge in [0.2, 0.25) is 0 Å². The summed E-state index contributed by atoms with van der Waals surface area (Å²) in [5.74, 6) is 0.702. The molecule has 2 heterocycles. The van der Waals surface area contributed by atoms with Gasteiger partial charge in [-0.2, -0.15) is 0 Å². The maximum Gasteiger partial charge on any atom is 0.296 e. The first-order valence-electron chi connectivity index (χ1n) is 6.61. The molecule has 108 valence electrons. The van der Waals surface area contributed by atoms with Crippen molar-refractivity contribution in [3.63, 3.8) is 0 Å². The van der Waals surface area contributed by atoms with E-state index in [1.165, 1.54) is 12.8 Å². The number of hydrogen-bond donors (Lipinski definition) is 0. The molecule has 8 heteroatoms. The van der Waals surface area contributed by atoms with Crippen LogP contribution in [0.2, 0.25) is 0 Å². The third kappa shape index (κ3) is 3.67. The zero-order chi connectivity index (χ0) is 13.9. The minimum absolute atomic E-state index is 0.132. The van der Waals surface area contributed by atoms with Crippen LogP contribution in [0.15, 0.2) is 5.16 Å². The van der Waals surface area contributed by atoms with Crippen molar-refractivity contribution < 1.29 is 8.42 Å². The molecule has 0 amide bonds. The second kappa shape index (κ2) is 6.19. The summed E-state index contributed by atoms with van der Waals surface area (Å²) < 4.78 is 24.5. The Morgan fingerprint density at radius 2 is 1.89 bits per heavy atom. The molecular weight excluding hydrogens is 288 g/mol. The predicted octanol–water partition coefficient (Wildman–Crippen LogP) is 1.25. The van der Waals surface area contributed by atoms with Gasteiger partial charge in [0, 0.05) is 30.2 Å². The number of aromatic nitrogens is 3. The molecule has 0 aromatic carbocycles. The molecule has 19 heavy (non-hydrogen) atoms. The van der Waals surface area contributed by atoms with Gasteiger partial charge in [0.1, 0.15) is 5.82 Å². The quantitative estimate of drug-likeness (QED) is 0.740. The van der Waals surface area contributed by atoms with Gasteiger partial charge in [0.05, 0.1) is 0 Å². The number of halogens is 1. The zero-order valence-corrected chi connectivity index (χ0v) is 12.6. The molecule has 0 saturated carbocycles. The summed E-state index contributed by atoms with van der Waals surface area (Å²) in [7, 11) is 1.55. The lowest BCUT2D eigenvalue weighted by molar-refractivity contribution is 0.338. The maximum atomic E-state index is 11.4. The standard InChI is InChI=1S/C11H19ClN4O2S/c1-2-6-16-10(5-9-15-7-3-4-8-15)13-14-11(16)19(12,17)18/h2-9H2,1H3. The topological polar surface area (TPSA) is 68.1 Å². The van der Waals surface area contributed by atoms with E-state index in [2.05, 4.69) is 15.1 Å². The summed E-state index contributed by atoms with van der Waals surface area (Å²) in [6, 6.07) is 0. The van der Waals surface area contributed by atoms with E-state index < -0.39 is 9.05 Å². The largest absolute Gasteiger partial charge is 0.303 e. The van der Waals surface area contributed by atoms with E-state index >= 15 is 0 Å². The molecule has 0 radical (unpaired) electrons. The Balaban J connectivity index is 2.13. The normalized spacial score (nSPS) is 17.2. The molecule has 0 N–H and O–H groups in total. The van der Waals surface area contributed by atoms with E-state index in [1.54, 1.807) is 4.57 Å². The van der Waals surface area contributed by atoms with Crippen LogP contribution >= 0.6 is 10.7 Å². The van der Waals surface area contributed by atoms with E-state index in [-0.39, 0.29) is 5.16 Å². The first-order valence-corrected chi connectivity index (χ1v) is 8.92. The Labute approximate surface area is 118 Å². The van der Waals surface area contributed by atoms with E-state index in [4.69, 9.17) is 10.7 Å². The van der Waals surface area contributed by atoms with Crippen molar-refractivity contribution in [2.45, 2.75) is 44.3 Å². The summed E-state index contributed by atoms with van der Waals surface area (Å²) in [5.41, 5.74) is 0. The van der Waals surface area contributed by atoms with Gasteiger partial charge in [-0.3, -0.25) is 0 Å². The molecule has 1 aliphatic rings. The average molecular weight is 307 g/mol. The lowest BCUT2D eigenvalue weighted by atomic mass is 10.3. The van der Waals surface area contributed by atoms with Crippen molar-refractivity contribution in [2.75, 3.05) is 19.6 Å². The Morgan fingerprint density at radius 1 is 1.21 bits per heavy atom. The van der Waals surface area contributed by atoms with Gasteiger partial charge in [-0.1, -0.05) is 6.92 Å². The second-order valence-corrected chi connectivity index (χ2v) is 7.25. The van der Waals surface area contributed by atoms with Gasteiger partial charge in [-0.05, 0) is 32.4 Å². The van der Waals surface area contributed by atoms with Crippen molar-refractivity contribution in [2.24, 2.45) is 0 Å². The molecule has 1 fully saturated rings. The van der Waals surface area contributed by atoms with E-state index in [0.717, 1.165) is 26.1 Å². The van der Waals surface area contributed by atoms with Crippen LogP contribution in [0.1, 0.15) is 32.0 Å². The molecule has 0 bridgehead atoms. The van der Waals surface area contributed by atoms with Crippen molar-refractivity contribution in [1.29, 1.82) is 0 Å². The van der Waals surface area contributed by atoms with Gasteiger partial charge in [-0.25, -0.2) is 8.42 Å². The molecular formula is C11H19ClN4O2S. The van der Waals surface area contributed by atoms with Crippen LogP contribution in [-0.2, 0) is 22.0 Å². The highest BCUT2D eigenvalue weighted by Crippen LogP contribution is 2.16. The molecule has 0 atom stereocenters. The predicted molar refractivity (Wildman–Crippen MR) is 72.7 cm³/mol. The summed E-state index contributed by atoms with van der Waals surface area (Å²) >= 11 is 0. The van der Waals surface area contributed by atoms with Crippen LogP contribution < -0.4 is 0 Å². The Kier molecular flexibility index (Phi) is 4.81. The summed E-state index contributed by atoms with van der Waals surface area (Å²) in [4.78, 5) is 2.36. The first kappa shape index (κ1) is 14.7. The SMILES string of the molecule is CCCn1c(CCN2CCCC2)nnc1S(=O)(=O)Cl. The lowest BCUT2D eigenvalue weighted by Crippen LogP contribution is -2.23. The number of hydrogen-bond acceptors (Lipinski definition) is 5. The molecule has 0 unspecified atom stereocenters. The van der Waals surface area contributed by atoms with Crippen LogP contribution in [0.5, 0.6) is 0 Å². The van der Waals surface area contributed by atoms with Gasteiger partial charge in [-0.15, -0.1) is 10.2 Å². The minimum Gasteiger partial charge on any atom is -0.303 e. The fraction of sp³-hybridized carbons (Fsp3) is 0.818. The summed E-state index contributed by atoms with van der Waals surface area (Å²) in [6.45, 7) is 5.67. The average Bonchev–Trinajstić information content (AvgIpc) is 2.94. The van der Waals surface area contributed by atoms with Gasteiger partial charge in [0.15, 0.2) is 0 Å².